The number of carbonyl (C=O) groups is 2. The zero-order valence-corrected chi connectivity index (χ0v) is 17.0. The van der Waals surface area contributed by atoms with E-state index in [1.165, 1.54) is 0 Å². The maximum atomic E-state index is 12.6. The Kier molecular flexibility index (Phi) is 5.47. The van der Waals surface area contributed by atoms with Crippen LogP contribution >= 0.6 is 0 Å². The van der Waals surface area contributed by atoms with Gasteiger partial charge >= 0.3 is 11.9 Å². The monoisotopic (exact) mass is 394 g/mol. The van der Waals surface area contributed by atoms with Crippen molar-refractivity contribution >= 4 is 11.9 Å². The summed E-state index contributed by atoms with van der Waals surface area (Å²) in [6, 6.07) is 0. The summed E-state index contributed by atoms with van der Waals surface area (Å²) in [4.78, 5) is 23.6. The van der Waals surface area contributed by atoms with Crippen LogP contribution in [0.1, 0.15) is 71.6 Å². The highest BCUT2D eigenvalue weighted by atomic mass is 16.6. The largest absolute Gasteiger partial charge is 0.481 e. The lowest BCUT2D eigenvalue weighted by molar-refractivity contribution is -0.153. The van der Waals surface area contributed by atoms with Crippen LogP contribution in [0, 0.1) is 29.1 Å². The van der Waals surface area contributed by atoms with Crippen molar-refractivity contribution in [2.24, 2.45) is 29.1 Å². The van der Waals surface area contributed by atoms with Crippen molar-refractivity contribution in [1.29, 1.82) is 0 Å². The van der Waals surface area contributed by atoms with E-state index in [9.17, 15) is 14.7 Å². The van der Waals surface area contributed by atoms with Crippen molar-refractivity contribution in [3.05, 3.63) is 0 Å². The first kappa shape index (κ1) is 20.1. The van der Waals surface area contributed by atoms with Gasteiger partial charge in [-0.15, -0.1) is 0 Å². The predicted octanol–water partition coefficient (Wildman–Crippen LogP) is 3.72. The van der Waals surface area contributed by atoms with Gasteiger partial charge in [-0.25, -0.2) is 0 Å². The molecule has 4 fully saturated rings. The van der Waals surface area contributed by atoms with Gasteiger partial charge in [-0.05, 0) is 75.0 Å². The summed E-state index contributed by atoms with van der Waals surface area (Å²) >= 11 is 0. The highest BCUT2D eigenvalue weighted by Crippen LogP contribution is 2.52. The minimum atomic E-state index is -0.847. The molecule has 2 aliphatic carbocycles. The van der Waals surface area contributed by atoms with E-state index in [1.807, 2.05) is 0 Å². The van der Waals surface area contributed by atoms with Crippen LogP contribution in [-0.4, -0.2) is 46.6 Å². The van der Waals surface area contributed by atoms with E-state index in [1.54, 1.807) is 0 Å². The number of hydrogen-bond donors (Lipinski definition) is 2. The van der Waals surface area contributed by atoms with Gasteiger partial charge in [0, 0.05) is 6.42 Å². The van der Waals surface area contributed by atoms with Crippen LogP contribution in [0.4, 0.5) is 0 Å². The Balaban J connectivity index is 1.47. The number of carboxylic acids is 2. The molecule has 2 aliphatic heterocycles. The van der Waals surface area contributed by atoms with Crippen LogP contribution < -0.4 is 0 Å². The van der Waals surface area contributed by atoms with Crippen molar-refractivity contribution in [1.82, 2.24) is 0 Å². The molecule has 8 atom stereocenters. The second-order valence-corrected chi connectivity index (χ2v) is 10.1. The lowest BCUT2D eigenvalue weighted by Gasteiger charge is -2.38. The molecule has 0 bridgehead atoms. The minimum absolute atomic E-state index is 0.0405. The lowest BCUT2D eigenvalue weighted by atomic mass is 9.64. The minimum Gasteiger partial charge on any atom is -0.481 e. The van der Waals surface area contributed by atoms with E-state index in [0.717, 1.165) is 25.7 Å². The molecular weight excluding hydrogens is 360 g/mol. The van der Waals surface area contributed by atoms with Crippen LogP contribution in [0.5, 0.6) is 0 Å². The van der Waals surface area contributed by atoms with Crippen LogP contribution in [-0.2, 0) is 19.1 Å². The number of aliphatic carboxylic acids is 2. The maximum absolute atomic E-state index is 12.6. The average Bonchev–Trinajstić information content (AvgIpc) is 3.48. The van der Waals surface area contributed by atoms with E-state index < -0.39 is 17.4 Å². The molecule has 2 N–H and O–H groups in total. The fourth-order valence-electron chi connectivity index (χ4n) is 6.45. The fraction of sp³-hybridized carbons (Fsp3) is 0.909. The molecule has 4 rings (SSSR count). The number of hydrogen-bond acceptors (Lipinski definition) is 4. The zero-order valence-electron chi connectivity index (χ0n) is 17.0. The molecule has 158 valence electrons. The third-order valence-corrected chi connectivity index (χ3v) is 7.77. The van der Waals surface area contributed by atoms with Gasteiger partial charge in [0.1, 0.15) is 0 Å². The van der Waals surface area contributed by atoms with E-state index >= 15 is 0 Å². The molecule has 0 spiro atoms. The fourth-order valence-corrected chi connectivity index (χ4v) is 6.45. The van der Waals surface area contributed by atoms with Crippen LogP contribution in [0.15, 0.2) is 0 Å². The lowest BCUT2D eigenvalue weighted by Crippen LogP contribution is -2.39. The standard InChI is InChI=1S/C22H34O6/c1-12-6-14(8-16-19(12)27-16)10-22(21(25)26,5-3-4-18(23)24)11-15-7-13(2)20-17(9-15)28-20/h12-17,19-20H,3-11H2,1-2H3,(H,23,24)(H,25,26). The first-order valence-electron chi connectivity index (χ1n) is 11.0. The molecule has 0 aromatic heterocycles. The molecule has 2 saturated heterocycles. The van der Waals surface area contributed by atoms with Crippen molar-refractivity contribution in [2.75, 3.05) is 0 Å². The van der Waals surface area contributed by atoms with Crippen LogP contribution in [0.25, 0.3) is 0 Å². The predicted molar refractivity (Wildman–Crippen MR) is 102 cm³/mol. The van der Waals surface area contributed by atoms with Gasteiger partial charge in [-0.3, -0.25) is 9.59 Å². The quantitative estimate of drug-likeness (QED) is 0.578. The molecule has 2 saturated carbocycles. The summed E-state index contributed by atoms with van der Waals surface area (Å²) in [5, 5.41) is 19.4. The van der Waals surface area contributed by atoms with Crippen LogP contribution in [0.3, 0.4) is 0 Å². The molecule has 28 heavy (non-hydrogen) atoms. The molecule has 6 heteroatoms. The van der Waals surface area contributed by atoms with Gasteiger partial charge in [-0.1, -0.05) is 13.8 Å². The second-order valence-electron chi connectivity index (χ2n) is 10.1. The Bertz CT molecular complexity index is 584. The van der Waals surface area contributed by atoms with E-state index in [-0.39, 0.29) is 6.42 Å². The topological polar surface area (TPSA) is 99.7 Å². The smallest absolute Gasteiger partial charge is 0.309 e. The van der Waals surface area contributed by atoms with Crippen molar-refractivity contribution < 1.29 is 29.3 Å². The number of epoxide rings is 2. The Hall–Kier alpha value is -1.14. The van der Waals surface area contributed by atoms with Gasteiger partial charge in [0.05, 0.1) is 29.8 Å². The van der Waals surface area contributed by atoms with Crippen molar-refractivity contribution in [2.45, 2.75) is 96.1 Å². The number of rotatable bonds is 9. The Labute approximate surface area is 167 Å². The normalized spacial score (nSPS) is 43.4. The third-order valence-electron chi connectivity index (χ3n) is 7.77. The summed E-state index contributed by atoms with van der Waals surface area (Å²) in [6.45, 7) is 4.41. The van der Waals surface area contributed by atoms with Gasteiger partial charge in [0.15, 0.2) is 0 Å². The number of ether oxygens (including phenoxy) is 2. The molecule has 0 aromatic rings. The molecule has 8 unspecified atom stereocenters. The number of fused-ring (bicyclic) bond motifs is 2. The Morgan fingerprint density at radius 2 is 1.39 bits per heavy atom. The summed E-state index contributed by atoms with van der Waals surface area (Å²) in [5.74, 6) is 0.0987. The van der Waals surface area contributed by atoms with Crippen LogP contribution in [0.2, 0.25) is 0 Å². The summed E-state index contributed by atoms with van der Waals surface area (Å²) < 4.78 is 11.5. The molecule has 6 nitrogen and oxygen atoms in total. The molecule has 2 heterocycles. The van der Waals surface area contributed by atoms with Crippen molar-refractivity contribution in [3.63, 3.8) is 0 Å². The highest BCUT2D eigenvalue weighted by Gasteiger charge is 2.53. The SMILES string of the molecule is CC1CC(CC(CCCC(=O)O)(CC2CC(C)C3OC3C2)C(=O)O)CC2OC12. The zero-order chi connectivity index (χ0) is 20.1. The third kappa shape index (κ3) is 4.23. The molecular formula is C22H34O6. The number of carboxylic acid groups (broad SMARTS) is 2. The average molecular weight is 395 g/mol. The Morgan fingerprint density at radius 1 is 0.893 bits per heavy atom. The van der Waals surface area contributed by atoms with Gasteiger partial charge in [-0.2, -0.15) is 0 Å². The van der Waals surface area contributed by atoms with E-state index in [0.29, 0.717) is 73.8 Å². The van der Waals surface area contributed by atoms with Gasteiger partial charge in [0.2, 0.25) is 0 Å². The van der Waals surface area contributed by atoms with E-state index in [2.05, 4.69) is 13.8 Å². The molecule has 0 aromatic carbocycles. The summed E-state index contributed by atoms with van der Waals surface area (Å²) in [5.41, 5.74) is -0.826. The Morgan fingerprint density at radius 3 is 1.79 bits per heavy atom. The summed E-state index contributed by atoms with van der Waals surface area (Å²) in [6.07, 6.45) is 7.56. The van der Waals surface area contributed by atoms with Gasteiger partial charge < -0.3 is 19.7 Å². The maximum Gasteiger partial charge on any atom is 0.309 e. The van der Waals surface area contributed by atoms with Gasteiger partial charge in [0.25, 0.3) is 0 Å². The van der Waals surface area contributed by atoms with Crippen molar-refractivity contribution in [3.8, 4) is 0 Å². The molecule has 0 amide bonds. The highest BCUT2D eigenvalue weighted by molar-refractivity contribution is 5.75. The second kappa shape index (κ2) is 7.60. The van der Waals surface area contributed by atoms with E-state index in [4.69, 9.17) is 14.6 Å². The molecule has 4 aliphatic rings. The summed E-state index contributed by atoms with van der Waals surface area (Å²) in [7, 11) is 0. The first-order chi connectivity index (χ1) is 13.3. The first-order valence-corrected chi connectivity index (χ1v) is 11.0. The molecule has 0 radical (unpaired) electrons.